The highest BCUT2D eigenvalue weighted by atomic mass is 127. The standard InChI is InChI=1S/C33H44FIN2O7/c1-3-4-5-6-7-11-30(40)37(14-12-22-9-8-10-25(34)16-22)27-19-24(33(42)36-13-15-38)20-28(31(27)41)44-32-26(35)17-23(21-39)18-29(32)43-2/h8-10,16-18,20,27-28,31,38-39,41H,3-7,11-15,19,21H2,1-2H3,(H,36,42). The highest BCUT2D eigenvalue weighted by molar-refractivity contribution is 14.1. The van der Waals surface area contributed by atoms with E-state index in [0.717, 1.165) is 25.7 Å². The molecule has 2 amide bonds. The Bertz CT molecular complexity index is 1270. The van der Waals surface area contributed by atoms with Crippen LogP contribution in [0.3, 0.4) is 0 Å². The van der Waals surface area contributed by atoms with E-state index in [1.54, 1.807) is 35.2 Å². The number of carbonyl (C=O) groups is 2. The number of nitrogens with one attached hydrogen (secondary N) is 1. The summed E-state index contributed by atoms with van der Waals surface area (Å²) in [6.07, 6.45) is 4.84. The van der Waals surface area contributed by atoms with Crippen LogP contribution in [0.15, 0.2) is 48.0 Å². The van der Waals surface area contributed by atoms with Crippen LogP contribution in [0.5, 0.6) is 11.5 Å². The van der Waals surface area contributed by atoms with Gasteiger partial charge < -0.3 is 35.0 Å². The first-order chi connectivity index (χ1) is 21.2. The molecule has 3 unspecified atom stereocenters. The molecule has 0 fully saturated rings. The van der Waals surface area contributed by atoms with Crippen molar-refractivity contribution in [3.05, 3.63) is 68.6 Å². The lowest BCUT2D eigenvalue weighted by molar-refractivity contribution is -0.138. The number of methoxy groups -OCH3 is 1. The summed E-state index contributed by atoms with van der Waals surface area (Å²) in [5.41, 5.74) is 1.64. The molecule has 0 heterocycles. The summed E-state index contributed by atoms with van der Waals surface area (Å²) in [6.45, 7) is 1.94. The van der Waals surface area contributed by atoms with Gasteiger partial charge in [0.2, 0.25) is 11.8 Å². The second-order valence-corrected chi connectivity index (χ2v) is 12.1. The normalized spacial score (nSPS) is 18.0. The summed E-state index contributed by atoms with van der Waals surface area (Å²) in [5, 5.41) is 33.3. The van der Waals surface area contributed by atoms with Crippen molar-refractivity contribution in [3.63, 3.8) is 0 Å². The summed E-state index contributed by atoms with van der Waals surface area (Å²) in [4.78, 5) is 28.5. The van der Waals surface area contributed by atoms with E-state index in [1.165, 1.54) is 19.2 Å². The van der Waals surface area contributed by atoms with Gasteiger partial charge in [-0.05, 0) is 76.9 Å². The summed E-state index contributed by atoms with van der Waals surface area (Å²) in [5.74, 6) is -0.281. The van der Waals surface area contributed by atoms with Crippen LogP contribution in [0, 0.1) is 9.39 Å². The Morgan fingerprint density at radius 1 is 1.11 bits per heavy atom. The fraction of sp³-hybridized carbons (Fsp3) is 0.515. The molecule has 2 aromatic carbocycles. The number of unbranched alkanes of at least 4 members (excludes halogenated alkanes) is 4. The Balaban J connectivity index is 1.96. The van der Waals surface area contributed by atoms with Crippen LogP contribution in [0.25, 0.3) is 0 Å². The fourth-order valence-corrected chi connectivity index (χ4v) is 6.13. The molecule has 4 N–H and O–H groups in total. The second kappa shape index (κ2) is 18.3. The molecule has 11 heteroatoms. The average Bonchev–Trinajstić information content (AvgIpc) is 3.01. The summed E-state index contributed by atoms with van der Waals surface area (Å²) in [7, 11) is 1.47. The molecule has 0 aromatic heterocycles. The molecule has 0 saturated carbocycles. The van der Waals surface area contributed by atoms with E-state index in [-0.39, 0.29) is 50.9 Å². The van der Waals surface area contributed by atoms with Gasteiger partial charge in [0, 0.05) is 31.5 Å². The van der Waals surface area contributed by atoms with Crippen molar-refractivity contribution in [2.75, 3.05) is 26.8 Å². The van der Waals surface area contributed by atoms with Gasteiger partial charge in [0.25, 0.3) is 0 Å². The van der Waals surface area contributed by atoms with Gasteiger partial charge >= 0.3 is 0 Å². The minimum absolute atomic E-state index is 0.0449. The molecule has 242 valence electrons. The van der Waals surface area contributed by atoms with Gasteiger partial charge in [-0.1, -0.05) is 44.7 Å². The highest BCUT2D eigenvalue weighted by Crippen LogP contribution is 2.37. The fourth-order valence-electron chi connectivity index (χ4n) is 5.34. The van der Waals surface area contributed by atoms with Crippen LogP contribution in [0.2, 0.25) is 0 Å². The summed E-state index contributed by atoms with van der Waals surface area (Å²) >= 11 is 2.05. The number of benzene rings is 2. The van der Waals surface area contributed by atoms with Gasteiger partial charge in [-0.25, -0.2) is 4.39 Å². The monoisotopic (exact) mass is 726 g/mol. The van der Waals surface area contributed by atoms with E-state index in [9.17, 15) is 29.3 Å². The van der Waals surface area contributed by atoms with Crippen LogP contribution in [0.4, 0.5) is 4.39 Å². The summed E-state index contributed by atoms with van der Waals surface area (Å²) < 4.78 is 26.4. The van der Waals surface area contributed by atoms with Gasteiger partial charge in [-0.3, -0.25) is 9.59 Å². The van der Waals surface area contributed by atoms with Crippen molar-refractivity contribution in [1.29, 1.82) is 0 Å². The summed E-state index contributed by atoms with van der Waals surface area (Å²) in [6, 6.07) is 8.75. The second-order valence-electron chi connectivity index (χ2n) is 10.9. The lowest BCUT2D eigenvalue weighted by Gasteiger charge is -2.41. The van der Waals surface area contributed by atoms with Gasteiger partial charge in [-0.15, -0.1) is 0 Å². The van der Waals surface area contributed by atoms with Gasteiger partial charge in [-0.2, -0.15) is 0 Å². The predicted octanol–water partition coefficient (Wildman–Crippen LogP) is 4.28. The number of halogens is 2. The van der Waals surface area contributed by atoms with Gasteiger partial charge in [0.05, 0.1) is 29.9 Å². The minimum atomic E-state index is -1.21. The quantitative estimate of drug-likeness (QED) is 0.142. The molecule has 2 aromatic rings. The van der Waals surface area contributed by atoms with Crippen molar-refractivity contribution in [2.45, 2.75) is 83.1 Å². The Kier molecular flexibility index (Phi) is 14.8. The number of carbonyl (C=O) groups excluding carboxylic acids is 2. The molecular formula is C33H44FIN2O7. The largest absolute Gasteiger partial charge is 0.493 e. The smallest absolute Gasteiger partial charge is 0.247 e. The zero-order valence-electron chi connectivity index (χ0n) is 25.4. The molecule has 3 atom stereocenters. The molecule has 9 nitrogen and oxygen atoms in total. The van der Waals surface area contributed by atoms with Crippen LogP contribution in [0.1, 0.15) is 63.0 Å². The Morgan fingerprint density at radius 2 is 1.89 bits per heavy atom. The van der Waals surface area contributed by atoms with E-state index < -0.39 is 24.2 Å². The maximum atomic E-state index is 13.9. The maximum Gasteiger partial charge on any atom is 0.247 e. The maximum absolute atomic E-state index is 13.9. The highest BCUT2D eigenvalue weighted by Gasteiger charge is 2.40. The molecule has 0 radical (unpaired) electrons. The number of hydrogen-bond acceptors (Lipinski definition) is 7. The van der Waals surface area contributed by atoms with Crippen LogP contribution in [-0.4, -0.2) is 77.1 Å². The minimum Gasteiger partial charge on any atom is -0.493 e. The van der Waals surface area contributed by atoms with Crippen molar-refractivity contribution >= 4 is 34.4 Å². The van der Waals surface area contributed by atoms with E-state index in [2.05, 4.69) is 34.8 Å². The van der Waals surface area contributed by atoms with E-state index in [0.29, 0.717) is 44.6 Å². The predicted molar refractivity (Wildman–Crippen MR) is 174 cm³/mol. The van der Waals surface area contributed by atoms with Gasteiger partial charge in [0.1, 0.15) is 18.0 Å². The molecule has 0 aliphatic heterocycles. The number of amides is 2. The van der Waals surface area contributed by atoms with Crippen LogP contribution >= 0.6 is 22.6 Å². The number of hydrogen-bond donors (Lipinski definition) is 4. The molecule has 0 saturated heterocycles. The van der Waals surface area contributed by atoms with Crippen LogP contribution in [-0.2, 0) is 22.6 Å². The van der Waals surface area contributed by atoms with Crippen molar-refractivity contribution in [2.24, 2.45) is 0 Å². The Hall–Kier alpha value is -2.74. The zero-order chi connectivity index (χ0) is 32.1. The topological polar surface area (TPSA) is 129 Å². The third-order valence-corrected chi connectivity index (χ3v) is 8.49. The lowest BCUT2D eigenvalue weighted by atomic mass is 9.87. The first-order valence-corrected chi connectivity index (χ1v) is 16.3. The Labute approximate surface area is 272 Å². The molecule has 3 rings (SSSR count). The van der Waals surface area contributed by atoms with E-state index >= 15 is 0 Å². The molecular weight excluding hydrogens is 682 g/mol. The van der Waals surface area contributed by atoms with Crippen molar-refractivity contribution < 1.29 is 38.8 Å². The third kappa shape index (κ3) is 10.1. The molecule has 1 aliphatic carbocycles. The number of aliphatic hydroxyl groups is 3. The number of ether oxygens (including phenoxy) is 2. The molecule has 0 bridgehead atoms. The SMILES string of the molecule is CCCCCCCC(=O)N(CCc1cccc(F)c1)C1CC(C(=O)NCCO)=CC(Oc2c(I)cc(CO)cc2OC)C1O. The van der Waals surface area contributed by atoms with Gasteiger partial charge in [0.15, 0.2) is 11.5 Å². The zero-order valence-corrected chi connectivity index (χ0v) is 27.6. The van der Waals surface area contributed by atoms with Crippen molar-refractivity contribution in [1.82, 2.24) is 10.2 Å². The third-order valence-electron chi connectivity index (χ3n) is 7.69. The Morgan fingerprint density at radius 3 is 2.57 bits per heavy atom. The lowest BCUT2D eigenvalue weighted by Crippen LogP contribution is -2.55. The number of nitrogens with zero attached hydrogens (tertiary/aromatic N) is 1. The number of aliphatic hydroxyl groups excluding tert-OH is 3. The average molecular weight is 727 g/mol. The van der Waals surface area contributed by atoms with Crippen molar-refractivity contribution in [3.8, 4) is 11.5 Å². The van der Waals surface area contributed by atoms with E-state index in [4.69, 9.17) is 9.47 Å². The first-order valence-electron chi connectivity index (χ1n) is 15.2. The molecule has 0 spiro atoms. The molecule has 44 heavy (non-hydrogen) atoms. The van der Waals surface area contributed by atoms with Crippen LogP contribution < -0.4 is 14.8 Å². The first kappa shape index (κ1) is 35.7. The number of rotatable bonds is 17. The molecule has 1 aliphatic rings. The van der Waals surface area contributed by atoms with E-state index in [1.807, 2.05) is 0 Å².